The Morgan fingerprint density at radius 2 is 1.81 bits per heavy atom. The van der Waals surface area contributed by atoms with E-state index >= 15 is 0 Å². The molecule has 0 heterocycles. The van der Waals surface area contributed by atoms with Crippen molar-refractivity contribution in [1.82, 2.24) is 0 Å². The van der Waals surface area contributed by atoms with Crippen LogP contribution in [-0.4, -0.2) is 5.78 Å². The molecule has 0 N–H and O–H groups in total. The summed E-state index contributed by atoms with van der Waals surface area (Å²) in [5, 5.41) is 0. The number of benzene rings is 1. The summed E-state index contributed by atoms with van der Waals surface area (Å²) in [4.78, 5) is 11.5. The van der Waals surface area contributed by atoms with Gasteiger partial charge in [0.05, 0.1) is 0 Å². The van der Waals surface area contributed by atoms with Gasteiger partial charge in [-0.3, -0.25) is 4.79 Å². The zero-order chi connectivity index (χ0) is 11.3. The molecule has 0 fully saturated rings. The number of halogens is 2. The Kier molecular flexibility index (Phi) is 1.72. The van der Waals surface area contributed by atoms with E-state index in [0.717, 1.165) is 11.6 Å². The molecule has 0 unspecified atom stereocenters. The van der Waals surface area contributed by atoms with Gasteiger partial charge in [0.25, 0.3) is 0 Å². The van der Waals surface area contributed by atoms with Crippen LogP contribution in [0.25, 0.3) is 11.6 Å². The van der Waals surface area contributed by atoms with Crippen molar-refractivity contribution in [3.05, 3.63) is 58.7 Å². The number of hydrogen-bond donors (Lipinski definition) is 0. The molecule has 0 aliphatic heterocycles. The third kappa shape index (κ3) is 1.11. The van der Waals surface area contributed by atoms with Gasteiger partial charge in [0, 0.05) is 5.57 Å². The molecule has 0 aromatic heterocycles. The summed E-state index contributed by atoms with van der Waals surface area (Å²) in [5.41, 5.74) is 2.30. The van der Waals surface area contributed by atoms with Gasteiger partial charge in [-0.15, -0.1) is 0 Å². The van der Waals surface area contributed by atoms with Crippen LogP contribution in [-0.2, 0) is 4.79 Å². The second-order valence-electron chi connectivity index (χ2n) is 3.71. The number of allylic oxidation sites excluding steroid dienone is 5. The van der Waals surface area contributed by atoms with E-state index in [0.29, 0.717) is 16.7 Å². The normalized spacial score (nSPS) is 17.4. The maximum Gasteiger partial charge on any atom is 0.221 e. The molecule has 78 valence electrons. The highest BCUT2D eigenvalue weighted by Crippen LogP contribution is 2.39. The standard InChI is InChI=1S/C13H6F2O/c14-8-2-1-7-5-11-9(10(7)6-8)3-4-12(15)13(11)16/h1-6H. The van der Waals surface area contributed by atoms with Crippen molar-refractivity contribution in [3.63, 3.8) is 0 Å². The van der Waals surface area contributed by atoms with Crippen LogP contribution >= 0.6 is 0 Å². The summed E-state index contributed by atoms with van der Waals surface area (Å²) >= 11 is 0. The first-order chi connectivity index (χ1) is 7.66. The molecule has 2 aliphatic rings. The minimum atomic E-state index is -0.775. The molecule has 0 saturated heterocycles. The monoisotopic (exact) mass is 216 g/mol. The summed E-state index contributed by atoms with van der Waals surface area (Å²) in [5.74, 6) is -1.77. The van der Waals surface area contributed by atoms with Crippen molar-refractivity contribution < 1.29 is 13.6 Å². The Bertz CT molecular complexity index is 606. The Morgan fingerprint density at radius 3 is 2.62 bits per heavy atom. The fraction of sp³-hybridized carbons (Fsp3) is 0. The van der Waals surface area contributed by atoms with Crippen molar-refractivity contribution >= 4 is 17.4 Å². The number of carbonyl (C=O) groups excluding carboxylic acids is 1. The van der Waals surface area contributed by atoms with Gasteiger partial charge >= 0.3 is 0 Å². The molecule has 0 amide bonds. The average molecular weight is 216 g/mol. The SMILES string of the molecule is O=C1C(F)=CC=C2C1=Cc1ccc(F)cc12. The lowest BCUT2D eigenvalue weighted by atomic mass is 9.95. The van der Waals surface area contributed by atoms with E-state index < -0.39 is 11.6 Å². The molecule has 1 nitrogen and oxygen atoms in total. The van der Waals surface area contributed by atoms with Crippen LogP contribution in [0.15, 0.2) is 41.8 Å². The first-order valence-corrected chi connectivity index (χ1v) is 4.81. The van der Waals surface area contributed by atoms with E-state index in [9.17, 15) is 13.6 Å². The molecule has 3 heteroatoms. The van der Waals surface area contributed by atoms with Crippen LogP contribution in [0.5, 0.6) is 0 Å². The quantitative estimate of drug-likeness (QED) is 0.651. The molecule has 0 saturated carbocycles. The van der Waals surface area contributed by atoms with E-state index in [2.05, 4.69) is 0 Å². The highest BCUT2D eigenvalue weighted by molar-refractivity contribution is 6.24. The third-order valence-corrected chi connectivity index (χ3v) is 2.75. The second kappa shape index (κ2) is 2.98. The van der Waals surface area contributed by atoms with E-state index in [4.69, 9.17) is 0 Å². The fourth-order valence-electron chi connectivity index (χ4n) is 1.99. The smallest absolute Gasteiger partial charge is 0.221 e. The predicted octanol–water partition coefficient (Wildman–Crippen LogP) is 3.04. The molecule has 3 rings (SSSR count). The van der Waals surface area contributed by atoms with Gasteiger partial charge in [-0.1, -0.05) is 12.1 Å². The Morgan fingerprint density at radius 1 is 1.00 bits per heavy atom. The van der Waals surface area contributed by atoms with Gasteiger partial charge in [0.2, 0.25) is 5.78 Å². The number of Topliss-reactive ketones (excluding diaryl/α,β-unsaturated/α-hetero) is 1. The van der Waals surface area contributed by atoms with Gasteiger partial charge in [-0.05, 0) is 41.0 Å². The van der Waals surface area contributed by atoms with Crippen molar-refractivity contribution in [2.75, 3.05) is 0 Å². The molecule has 0 spiro atoms. The molecule has 0 radical (unpaired) electrons. The van der Waals surface area contributed by atoms with Crippen molar-refractivity contribution in [1.29, 1.82) is 0 Å². The topological polar surface area (TPSA) is 17.1 Å². The summed E-state index contributed by atoms with van der Waals surface area (Å²) in [6, 6.07) is 4.26. The Labute approximate surface area is 90.4 Å². The molecular formula is C13H6F2O. The molecule has 2 aliphatic carbocycles. The van der Waals surface area contributed by atoms with Crippen LogP contribution < -0.4 is 0 Å². The fourth-order valence-corrected chi connectivity index (χ4v) is 1.99. The zero-order valence-corrected chi connectivity index (χ0v) is 8.13. The Balaban J connectivity index is 2.25. The van der Waals surface area contributed by atoms with Crippen LogP contribution in [0.4, 0.5) is 8.78 Å². The summed E-state index contributed by atoms with van der Waals surface area (Å²) in [7, 11) is 0. The largest absolute Gasteiger partial charge is 0.286 e. The third-order valence-electron chi connectivity index (χ3n) is 2.75. The van der Waals surface area contributed by atoms with Gasteiger partial charge in [0.15, 0.2) is 5.83 Å². The highest BCUT2D eigenvalue weighted by Gasteiger charge is 2.28. The lowest BCUT2D eigenvalue weighted by Crippen LogP contribution is -2.05. The first kappa shape index (κ1) is 9.21. The molecule has 16 heavy (non-hydrogen) atoms. The minimum Gasteiger partial charge on any atom is -0.286 e. The van der Waals surface area contributed by atoms with Crippen LogP contribution in [0, 0.1) is 5.82 Å². The van der Waals surface area contributed by atoms with Gasteiger partial charge in [0.1, 0.15) is 5.82 Å². The van der Waals surface area contributed by atoms with Crippen molar-refractivity contribution in [2.45, 2.75) is 0 Å². The van der Waals surface area contributed by atoms with Crippen LogP contribution in [0.3, 0.4) is 0 Å². The number of rotatable bonds is 0. The molecular weight excluding hydrogens is 210 g/mol. The van der Waals surface area contributed by atoms with Gasteiger partial charge < -0.3 is 0 Å². The van der Waals surface area contributed by atoms with E-state index in [1.807, 2.05) is 0 Å². The van der Waals surface area contributed by atoms with E-state index in [1.165, 1.54) is 18.2 Å². The second-order valence-corrected chi connectivity index (χ2v) is 3.71. The number of hydrogen-bond acceptors (Lipinski definition) is 1. The molecule has 1 aromatic carbocycles. The molecule has 0 bridgehead atoms. The lowest BCUT2D eigenvalue weighted by Gasteiger charge is -2.08. The average Bonchev–Trinajstić information content (AvgIpc) is 2.62. The van der Waals surface area contributed by atoms with Gasteiger partial charge in [-0.25, -0.2) is 8.78 Å². The van der Waals surface area contributed by atoms with E-state index in [-0.39, 0.29) is 5.82 Å². The Hall–Kier alpha value is -2.03. The highest BCUT2D eigenvalue weighted by atomic mass is 19.1. The first-order valence-electron chi connectivity index (χ1n) is 4.81. The van der Waals surface area contributed by atoms with Crippen molar-refractivity contribution in [3.8, 4) is 0 Å². The zero-order valence-electron chi connectivity index (χ0n) is 8.13. The summed E-state index contributed by atoms with van der Waals surface area (Å²) in [6.07, 6.45) is 4.22. The number of fused-ring (bicyclic) bond motifs is 3. The lowest BCUT2D eigenvalue weighted by molar-refractivity contribution is -0.113. The number of carbonyl (C=O) groups is 1. The van der Waals surface area contributed by atoms with Crippen LogP contribution in [0.1, 0.15) is 11.1 Å². The predicted molar refractivity (Wildman–Crippen MR) is 56.6 cm³/mol. The van der Waals surface area contributed by atoms with E-state index in [1.54, 1.807) is 12.1 Å². The minimum absolute atomic E-state index is 0.306. The maximum absolute atomic E-state index is 13.1. The van der Waals surface area contributed by atoms with Crippen LogP contribution in [0.2, 0.25) is 0 Å². The summed E-state index contributed by atoms with van der Waals surface area (Å²) in [6.45, 7) is 0. The molecule has 0 atom stereocenters. The van der Waals surface area contributed by atoms with Gasteiger partial charge in [-0.2, -0.15) is 0 Å². The number of ketones is 1. The maximum atomic E-state index is 13.1. The van der Waals surface area contributed by atoms with Crippen molar-refractivity contribution in [2.24, 2.45) is 0 Å². The molecule has 1 aromatic rings. The summed E-state index contributed by atoms with van der Waals surface area (Å²) < 4.78 is 26.1.